The molecule has 2 N–H and O–H groups in total. The first-order valence-corrected chi connectivity index (χ1v) is 13.1. The number of hydrogen-bond acceptors (Lipinski definition) is 8. The monoisotopic (exact) mass is 420 g/mol. The Morgan fingerprint density at radius 2 is 1.18 bits per heavy atom. The molecule has 0 bridgehead atoms. The summed E-state index contributed by atoms with van der Waals surface area (Å²) in [5, 5.41) is 6.02. The zero-order chi connectivity index (χ0) is 16.4. The van der Waals surface area contributed by atoms with Crippen LogP contribution in [0.5, 0.6) is 0 Å². The number of sulfone groups is 2. The number of hydrogen-bond donors (Lipinski definition) is 2. The number of thiocarbonyl (C=S) groups is 2. The Labute approximate surface area is 149 Å². The van der Waals surface area contributed by atoms with Gasteiger partial charge in [-0.05, 0) is 34.4 Å². The van der Waals surface area contributed by atoms with Gasteiger partial charge in [-0.25, -0.2) is 16.8 Å². The highest BCUT2D eigenvalue weighted by Gasteiger charge is 2.29. The van der Waals surface area contributed by atoms with Crippen molar-refractivity contribution >= 4 is 74.3 Å². The van der Waals surface area contributed by atoms with Crippen LogP contribution in [0.2, 0.25) is 0 Å². The summed E-state index contributed by atoms with van der Waals surface area (Å²) >= 11 is 10.3. The number of nitrogens with one attached hydrogen (secondary N) is 2. The smallest absolute Gasteiger partial charge is 0.152 e. The Hall–Kier alpha value is 0.380. The second kappa shape index (κ2) is 7.51. The lowest BCUT2D eigenvalue weighted by Gasteiger charge is -2.14. The van der Waals surface area contributed by atoms with E-state index in [-0.39, 0.29) is 35.1 Å². The molecule has 2 fully saturated rings. The Balaban J connectivity index is 1.67. The van der Waals surface area contributed by atoms with Gasteiger partial charge in [0.15, 0.2) is 19.7 Å². The van der Waals surface area contributed by atoms with Gasteiger partial charge in [-0.15, -0.1) is 0 Å². The first-order chi connectivity index (χ1) is 10.2. The maximum Gasteiger partial charge on any atom is 0.152 e. The molecule has 0 saturated carbocycles. The van der Waals surface area contributed by atoms with Crippen LogP contribution >= 0.6 is 46.0 Å². The molecule has 12 heteroatoms. The van der Waals surface area contributed by atoms with Gasteiger partial charge >= 0.3 is 0 Å². The quantitative estimate of drug-likeness (QED) is 0.486. The van der Waals surface area contributed by atoms with E-state index in [0.29, 0.717) is 21.5 Å². The fourth-order valence-electron chi connectivity index (χ4n) is 2.27. The first-order valence-electron chi connectivity index (χ1n) is 6.51. The summed E-state index contributed by atoms with van der Waals surface area (Å²) in [6.07, 6.45) is 1.13. The minimum atomic E-state index is -2.93. The van der Waals surface area contributed by atoms with Gasteiger partial charge < -0.3 is 10.6 Å². The molecule has 6 nitrogen and oxygen atoms in total. The minimum absolute atomic E-state index is 0.112. The fourth-order valence-corrected chi connectivity index (χ4v) is 7.89. The van der Waals surface area contributed by atoms with Crippen LogP contribution in [0.1, 0.15) is 12.8 Å². The van der Waals surface area contributed by atoms with Crippen molar-refractivity contribution in [2.75, 3.05) is 23.0 Å². The lowest BCUT2D eigenvalue weighted by molar-refractivity contribution is 0.598. The van der Waals surface area contributed by atoms with Crippen molar-refractivity contribution in [1.29, 1.82) is 0 Å². The molecular formula is C10H16N2O4S6. The zero-order valence-electron chi connectivity index (χ0n) is 11.5. The van der Waals surface area contributed by atoms with E-state index in [0.717, 1.165) is 0 Å². The largest absolute Gasteiger partial charge is 0.367 e. The molecular weight excluding hydrogens is 405 g/mol. The van der Waals surface area contributed by atoms with E-state index >= 15 is 0 Å². The fraction of sp³-hybridized carbons (Fsp3) is 0.800. The molecule has 0 aromatic rings. The maximum atomic E-state index is 11.4. The van der Waals surface area contributed by atoms with Crippen molar-refractivity contribution in [3.05, 3.63) is 0 Å². The van der Waals surface area contributed by atoms with E-state index in [1.807, 2.05) is 0 Å². The van der Waals surface area contributed by atoms with E-state index in [1.54, 1.807) is 0 Å². The summed E-state index contributed by atoms with van der Waals surface area (Å²) in [5.41, 5.74) is 0. The first kappa shape index (κ1) is 18.7. The molecule has 0 aromatic carbocycles. The highest BCUT2D eigenvalue weighted by molar-refractivity contribution is 8.89. The van der Waals surface area contributed by atoms with Crippen molar-refractivity contribution in [3.8, 4) is 0 Å². The van der Waals surface area contributed by atoms with E-state index in [1.165, 1.54) is 21.6 Å². The molecule has 2 heterocycles. The van der Waals surface area contributed by atoms with Gasteiger partial charge in [0.05, 0.1) is 23.0 Å². The van der Waals surface area contributed by atoms with Gasteiger partial charge in [0, 0.05) is 12.1 Å². The van der Waals surface area contributed by atoms with E-state index in [4.69, 9.17) is 24.4 Å². The molecule has 0 spiro atoms. The van der Waals surface area contributed by atoms with Crippen LogP contribution in [-0.4, -0.2) is 60.6 Å². The van der Waals surface area contributed by atoms with Crippen LogP contribution in [0.4, 0.5) is 0 Å². The Morgan fingerprint density at radius 3 is 1.45 bits per heavy atom. The predicted octanol–water partition coefficient (Wildman–Crippen LogP) is 0.491. The van der Waals surface area contributed by atoms with Crippen molar-refractivity contribution in [1.82, 2.24) is 10.6 Å². The van der Waals surface area contributed by atoms with Crippen LogP contribution in [-0.2, 0) is 19.7 Å². The lowest BCUT2D eigenvalue weighted by atomic mass is 10.3. The molecule has 0 aliphatic carbocycles. The highest BCUT2D eigenvalue weighted by atomic mass is 33.1. The molecule has 0 radical (unpaired) electrons. The SMILES string of the molecule is O=S1(=O)CC[C@@H](NC(=S)SSC(=S)N[C@H]2CCS(=O)(=O)C2)C1. The molecule has 0 amide bonds. The van der Waals surface area contributed by atoms with Crippen LogP contribution < -0.4 is 10.6 Å². The second-order valence-electron chi connectivity index (χ2n) is 5.23. The third-order valence-corrected chi connectivity index (χ3v) is 10.1. The normalized spacial score (nSPS) is 29.1. The molecule has 2 rings (SSSR count). The van der Waals surface area contributed by atoms with Crippen molar-refractivity contribution < 1.29 is 16.8 Å². The average Bonchev–Trinajstić information content (AvgIpc) is 2.89. The summed E-state index contributed by atoms with van der Waals surface area (Å²) in [4.78, 5) is 0. The summed E-state index contributed by atoms with van der Waals surface area (Å²) in [5.74, 6) is 0.615. The molecule has 0 unspecified atom stereocenters. The molecule has 2 aliphatic heterocycles. The third kappa shape index (κ3) is 6.11. The second-order valence-corrected chi connectivity index (χ2v) is 13.2. The molecule has 2 saturated heterocycles. The van der Waals surface area contributed by atoms with Gasteiger partial charge in [0.1, 0.15) is 8.64 Å². The van der Waals surface area contributed by atoms with Crippen molar-refractivity contribution in [3.63, 3.8) is 0 Å². The standard InChI is InChI=1S/C10H16N2O4S6/c13-21(14)3-1-7(5-21)11-9(17)19-20-10(18)12-8-2-4-22(15,16)6-8/h7-8H,1-6H2,(H,11,17)(H,12,18)/t7-,8+. The lowest BCUT2D eigenvalue weighted by Crippen LogP contribution is -2.34. The Bertz CT molecular complexity index is 601. The maximum absolute atomic E-state index is 11.4. The Kier molecular flexibility index (Phi) is 6.39. The van der Waals surface area contributed by atoms with Crippen molar-refractivity contribution in [2.45, 2.75) is 24.9 Å². The van der Waals surface area contributed by atoms with Crippen LogP contribution in [0, 0.1) is 0 Å². The summed E-state index contributed by atoms with van der Waals surface area (Å²) in [6, 6.07) is -0.265. The van der Waals surface area contributed by atoms with Crippen LogP contribution in [0.3, 0.4) is 0 Å². The van der Waals surface area contributed by atoms with Gasteiger partial charge in [0.25, 0.3) is 0 Å². The third-order valence-electron chi connectivity index (χ3n) is 3.30. The summed E-state index contributed by atoms with van der Waals surface area (Å²) < 4.78 is 46.4. The van der Waals surface area contributed by atoms with E-state index < -0.39 is 19.7 Å². The summed E-state index contributed by atoms with van der Waals surface area (Å²) in [6.45, 7) is 0. The Morgan fingerprint density at radius 1 is 0.818 bits per heavy atom. The molecule has 2 aliphatic rings. The average molecular weight is 421 g/mol. The van der Waals surface area contributed by atoms with Crippen molar-refractivity contribution in [2.24, 2.45) is 0 Å². The van der Waals surface area contributed by atoms with Gasteiger partial charge in [0.2, 0.25) is 0 Å². The van der Waals surface area contributed by atoms with Crippen LogP contribution in [0.25, 0.3) is 0 Å². The van der Waals surface area contributed by atoms with Gasteiger partial charge in [-0.2, -0.15) is 0 Å². The van der Waals surface area contributed by atoms with Gasteiger partial charge in [-0.3, -0.25) is 0 Å². The predicted molar refractivity (Wildman–Crippen MR) is 101 cm³/mol. The molecule has 126 valence electrons. The number of rotatable bonds is 2. The van der Waals surface area contributed by atoms with E-state index in [2.05, 4.69) is 10.6 Å². The zero-order valence-corrected chi connectivity index (χ0v) is 16.4. The van der Waals surface area contributed by atoms with Gasteiger partial charge in [-0.1, -0.05) is 24.4 Å². The minimum Gasteiger partial charge on any atom is -0.367 e. The molecule has 0 aromatic heterocycles. The topological polar surface area (TPSA) is 92.3 Å². The highest BCUT2D eigenvalue weighted by Crippen LogP contribution is 2.25. The van der Waals surface area contributed by atoms with E-state index in [9.17, 15) is 16.8 Å². The van der Waals surface area contributed by atoms with Crippen LogP contribution in [0.15, 0.2) is 0 Å². The molecule has 2 atom stereocenters. The summed E-state index contributed by atoms with van der Waals surface area (Å²) in [7, 11) is -3.38. The molecule has 22 heavy (non-hydrogen) atoms.